The van der Waals surface area contributed by atoms with Crippen molar-refractivity contribution in [2.24, 2.45) is 5.73 Å². The van der Waals surface area contributed by atoms with Crippen molar-refractivity contribution in [2.75, 3.05) is 22.5 Å². The highest BCUT2D eigenvalue weighted by molar-refractivity contribution is 5.98. The number of nitrogens with two attached hydrogens (primary N) is 1. The molecule has 1 aromatic heterocycles. The van der Waals surface area contributed by atoms with Gasteiger partial charge in [0, 0.05) is 36.2 Å². The van der Waals surface area contributed by atoms with E-state index < -0.39 is 17.5 Å². The number of hydrogen-bond acceptors (Lipinski definition) is 6. The van der Waals surface area contributed by atoms with Gasteiger partial charge in [-0.05, 0) is 61.3 Å². The number of amides is 2. The van der Waals surface area contributed by atoms with E-state index in [0.717, 1.165) is 25.5 Å². The van der Waals surface area contributed by atoms with Crippen molar-refractivity contribution in [3.63, 3.8) is 0 Å². The van der Waals surface area contributed by atoms with Crippen molar-refractivity contribution in [1.82, 2.24) is 10.3 Å². The Morgan fingerprint density at radius 1 is 1.06 bits per heavy atom. The van der Waals surface area contributed by atoms with Crippen molar-refractivity contribution in [3.05, 3.63) is 77.5 Å². The fourth-order valence-electron chi connectivity index (χ4n) is 3.70. The number of aromatic nitrogens is 1. The van der Waals surface area contributed by atoms with Crippen LogP contribution in [0.4, 0.5) is 31.7 Å². The van der Waals surface area contributed by atoms with E-state index in [1.54, 1.807) is 30.3 Å². The molecule has 2 amide bonds. The lowest BCUT2D eigenvalue weighted by atomic mass is 10.1. The van der Waals surface area contributed by atoms with Crippen LogP contribution < -0.4 is 27.0 Å². The first-order chi connectivity index (χ1) is 16.4. The molecule has 2 heterocycles. The monoisotopic (exact) mass is 502 g/mol. The molecule has 0 unspecified atom stereocenters. The number of halogens is 3. The second-order valence-electron chi connectivity index (χ2n) is 7.95. The zero-order valence-electron chi connectivity index (χ0n) is 18.6. The Balaban J connectivity index is 0.00000342. The maximum absolute atomic E-state index is 13.5. The molecule has 0 spiro atoms. The van der Waals surface area contributed by atoms with E-state index in [0.29, 0.717) is 28.4 Å². The molecule has 184 valence electrons. The molecule has 0 saturated carbocycles. The number of nitrogens with zero attached hydrogens (tertiary/aromatic N) is 1. The minimum Gasteiger partial charge on any atom is -0.380 e. The predicted molar refractivity (Wildman–Crippen MR) is 133 cm³/mol. The minimum atomic E-state index is -0.692. The number of nitrogens with one attached hydrogen (secondary N) is 4. The average Bonchev–Trinajstić information content (AvgIpc) is 3.34. The van der Waals surface area contributed by atoms with E-state index in [2.05, 4.69) is 26.3 Å². The summed E-state index contributed by atoms with van der Waals surface area (Å²) in [5.41, 5.74) is 7.68. The van der Waals surface area contributed by atoms with Gasteiger partial charge in [-0.1, -0.05) is 0 Å². The highest BCUT2D eigenvalue weighted by Gasteiger charge is 2.21. The molecular weight excluding hydrogens is 478 g/mol. The van der Waals surface area contributed by atoms with Gasteiger partial charge < -0.3 is 27.0 Å². The van der Waals surface area contributed by atoms with Crippen molar-refractivity contribution >= 4 is 47.1 Å². The molecule has 3 aromatic rings. The van der Waals surface area contributed by atoms with Crippen molar-refractivity contribution in [3.8, 4) is 0 Å². The van der Waals surface area contributed by atoms with Crippen LogP contribution in [0.5, 0.6) is 0 Å². The van der Waals surface area contributed by atoms with E-state index in [1.165, 1.54) is 18.3 Å². The second-order valence-corrected chi connectivity index (χ2v) is 7.95. The van der Waals surface area contributed by atoms with Crippen LogP contribution >= 0.6 is 12.4 Å². The third kappa shape index (κ3) is 6.87. The van der Waals surface area contributed by atoms with Gasteiger partial charge in [0.1, 0.15) is 17.5 Å². The van der Waals surface area contributed by atoms with Crippen LogP contribution in [0.25, 0.3) is 0 Å². The zero-order chi connectivity index (χ0) is 24.1. The van der Waals surface area contributed by atoms with Gasteiger partial charge in [-0.15, -0.1) is 12.4 Å². The maximum atomic E-state index is 13.5. The van der Waals surface area contributed by atoms with Crippen LogP contribution in [0.2, 0.25) is 0 Å². The highest BCUT2D eigenvalue weighted by atomic mass is 35.5. The topological polar surface area (TPSA) is 121 Å². The summed E-state index contributed by atoms with van der Waals surface area (Å²) in [5.74, 6) is -1.71. The number of anilines is 4. The van der Waals surface area contributed by atoms with Crippen LogP contribution in [0, 0.1) is 11.6 Å². The molecule has 1 atom stereocenters. The maximum Gasteiger partial charge on any atom is 0.252 e. The summed E-state index contributed by atoms with van der Waals surface area (Å²) >= 11 is 0. The van der Waals surface area contributed by atoms with E-state index in [-0.39, 0.29) is 36.5 Å². The molecule has 6 N–H and O–H groups in total. The Hall–Kier alpha value is -3.76. The number of primary amides is 1. The van der Waals surface area contributed by atoms with Crippen LogP contribution in [0.1, 0.15) is 28.8 Å². The lowest BCUT2D eigenvalue weighted by Gasteiger charge is -2.14. The van der Waals surface area contributed by atoms with E-state index in [1.807, 2.05) is 0 Å². The normalized spacial score (nSPS) is 14.6. The molecule has 1 aliphatic heterocycles. The Kier molecular flexibility index (Phi) is 8.56. The first-order valence-corrected chi connectivity index (χ1v) is 10.8. The molecule has 0 aliphatic carbocycles. The van der Waals surface area contributed by atoms with Crippen LogP contribution in [-0.2, 0) is 11.3 Å². The summed E-state index contributed by atoms with van der Waals surface area (Å²) in [7, 11) is 0. The third-order valence-corrected chi connectivity index (χ3v) is 5.38. The summed E-state index contributed by atoms with van der Waals surface area (Å²) in [6.07, 6.45) is 3.13. The summed E-state index contributed by atoms with van der Waals surface area (Å²) < 4.78 is 26.9. The van der Waals surface area contributed by atoms with Crippen LogP contribution in [0.3, 0.4) is 0 Å². The molecule has 8 nitrogen and oxygen atoms in total. The molecule has 11 heteroatoms. The molecule has 0 radical (unpaired) electrons. The number of carbonyl (C=O) groups excluding carboxylic acids is 2. The quantitative estimate of drug-likeness (QED) is 0.318. The number of hydrogen-bond donors (Lipinski definition) is 5. The number of pyridine rings is 1. The van der Waals surface area contributed by atoms with Gasteiger partial charge in [0.2, 0.25) is 5.91 Å². The molecule has 0 bridgehead atoms. The minimum absolute atomic E-state index is 0. The molecule has 1 saturated heterocycles. The summed E-state index contributed by atoms with van der Waals surface area (Å²) in [5, 5.41) is 12.1. The smallest absolute Gasteiger partial charge is 0.252 e. The molecule has 4 rings (SSSR count). The van der Waals surface area contributed by atoms with E-state index in [9.17, 15) is 18.4 Å². The molecule has 2 aromatic carbocycles. The standard InChI is InChI=1S/C24H24F2N6O2.ClH/c25-15-8-14(9-16(26)10-15)12-29-21-11-22(30-13-19(21)23(27)33)31-17-3-5-18(6-4-17)32-24(34)20-2-1-7-28-20;/h3-6,8-11,13,20,28H,1-2,7,12H2,(H2,27,33)(H,32,34)(H2,29,30,31);1H/t20-;/m1./s1. The number of carbonyl (C=O) groups is 2. The van der Waals surface area contributed by atoms with Gasteiger partial charge in [-0.25, -0.2) is 13.8 Å². The van der Waals surface area contributed by atoms with E-state index in [4.69, 9.17) is 5.73 Å². The van der Waals surface area contributed by atoms with Crippen LogP contribution in [0.15, 0.2) is 54.7 Å². The fourth-order valence-corrected chi connectivity index (χ4v) is 3.70. The largest absolute Gasteiger partial charge is 0.380 e. The fraction of sp³-hybridized carbons (Fsp3) is 0.208. The highest BCUT2D eigenvalue weighted by Crippen LogP contribution is 2.23. The Morgan fingerprint density at radius 3 is 2.37 bits per heavy atom. The summed E-state index contributed by atoms with van der Waals surface area (Å²) in [6.45, 7) is 0.918. The van der Waals surface area contributed by atoms with Crippen molar-refractivity contribution in [2.45, 2.75) is 25.4 Å². The first kappa shape index (κ1) is 25.9. The van der Waals surface area contributed by atoms with Crippen molar-refractivity contribution < 1.29 is 18.4 Å². The third-order valence-electron chi connectivity index (χ3n) is 5.38. The first-order valence-electron chi connectivity index (χ1n) is 10.8. The average molecular weight is 503 g/mol. The number of rotatable bonds is 8. The number of benzene rings is 2. The summed E-state index contributed by atoms with van der Waals surface area (Å²) in [4.78, 5) is 28.2. The molecule has 35 heavy (non-hydrogen) atoms. The Bertz CT molecular complexity index is 1180. The molecule has 1 aliphatic rings. The second kappa shape index (κ2) is 11.6. The summed E-state index contributed by atoms with van der Waals surface area (Å²) in [6, 6.07) is 11.7. The van der Waals surface area contributed by atoms with Gasteiger partial charge in [0.15, 0.2) is 0 Å². The van der Waals surface area contributed by atoms with Crippen LogP contribution in [-0.4, -0.2) is 29.4 Å². The van der Waals surface area contributed by atoms with Gasteiger partial charge in [0.25, 0.3) is 5.91 Å². The van der Waals surface area contributed by atoms with Gasteiger partial charge in [-0.3, -0.25) is 9.59 Å². The zero-order valence-corrected chi connectivity index (χ0v) is 19.4. The molecule has 1 fully saturated rings. The van der Waals surface area contributed by atoms with Gasteiger partial charge >= 0.3 is 0 Å². The van der Waals surface area contributed by atoms with Gasteiger partial charge in [0.05, 0.1) is 17.3 Å². The predicted octanol–water partition coefficient (Wildman–Crippen LogP) is 3.93. The van der Waals surface area contributed by atoms with Gasteiger partial charge in [-0.2, -0.15) is 0 Å². The lowest BCUT2D eigenvalue weighted by molar-refractivity contribution is -0.117. The van der Waals surface area contributed by atoms with E-state index >= 15 is 0 Å². The lowest BCUT2D eigenvalue weighted by Crippen LogP contribution is -2.35. The Morgan fingerprint density at radius 2 is 1.74 bits per heavy atom. The molecular formula is C24H25ClF2N6O2. The van der Waals surface area contributed by atoms with Crippen molar-refractivity contribution in [1.29, 1.82) is 0 Å². The Labute approximate surface area is 207 Å². The SMILES string of the molecule is Cl.NC(=O)c1cnc(Nc2ccc(NC(=O)[C@H]3CCCN3)cc2)cc1NCc1cc(F)cc(F)c1.